The second-order valence-corrected chi connectivity index (χ2v) is 6.29. The summed E-state index contributed by atoms with van der Waals surface area (Å²) in [4.78, 5) is 0. The molecular weight excluding hydrogens is 384 g/mol. The normalized spacial score (nSPS) is 12.6. The van der Waals surface area contributed by atoms with Gasteiger partial charge < -0.3 is 0 Å². The van der Waals surface area contributed by atoms with Crippen molar-refractivity contribution >= 4 is 23.2 Å². The first-order valence-electron chi connectivity index (χ1n) is 6.27. The van der Waals surface area contributed by atoms with Crippen LogP contribution in [0, 0.1) is 36.0 Å². The molecule has 0 saturated carbocycles. The number of hydrogen-bond donors (Lipinski definition) is 0. The lowest BCUT2D eigenvalue weighted by molar-refractivity contribution is -0.0324. The van der Waals surface area contributed by atoms with Crippen LogP contribution >= 0.6 is 23.2 Å². The van der Waals surface area contributed by atoms with Crippen LogP contribution in [0.5, 0.6) is 0 Å². The van der Waals surface area contributed by atoms with Gasteiger partial charge in [0, 0.05) is 0 Å². The van der Waals surface area contributed by atoms with Gasteiger partial charge in [-0.2, -0.15) is 8.78 Å². The fourth-order valence-corrected chi connectivity index (χ4v) is 2.42. The molecule has 2 aromatic rings. The monoisotopic (exact) mass is 390 g/mol. The minimum absolute atomic E-state index is 0.481. The van der Waals surface area contributed by atoms with Crippen LogP contribution in [0.4, 0.5) is 30.7 Å². The van der Waals surface area contributed by atoms with E-state index in [-0.39, 0.29) is 0 Å². The van der Waals surface area contributed by atoms with E-state index < -0.39 is 50.5 Å². The van der Waals surface area contributed by atoms with E-state index in [4.69, 9.17) is 23.2 Å². The molecule has 2 rings (SSSR count). The molecule has 130 valence electrons. The third-order valence-corrected chi connectivity index (χ3v) is 4.24. The highest BCUT2D eigenvalue weighted by Gasteiger charge is 2.58. The van der Waals surface area contributed by atoms with Gasteiger partial charge in [-0.3, -0.25) is 0 Å². The Hall–Kier alpha value is -1.47. The minimum atomic E-state index is -4.82. The molecule has 9 heteroatoms. The van der Waals surface area contributed by atoms with Crippen molar-refractivity contribution in [3.63, 3.8) is 0 Å². The molecule has 0 heterocycles. The second-order valence-electron chi connectivity index (χ2n) is 4.96. The summed E-state index contributed by atoms with van der Waals surface area (Å²) in [5.74, 6) is -17.8. The topological polar surface area (TPSA) is 0 Å². The summed E-state index contributed by atoms with van der Waals surface area (Å²) in [7, 11) is 0. The average Bonchev–Trinajstić information content (AvgIpc) is 2.51. The Balaban J connectivity index is 2.72. The van der Waals surface area contributed by atoms with Crippen molar-refractivity contribution in [1.82, 2.24) is 0 Å². The van der Waals surface area contributed by atoms with Crippen LogP contribution < -0.4 is 0 Å². The summed E-state index contributed by atoms with van der Waals surface area (Å²) >= 11 is 11.1. The van der Waals surface area contributed by atoms with E-state index in [1.54, 1.807) is 6.92 Å². The highest BCUT2D eigenvalue weighted by Crippen LogP contribution is 2.54. The molecule has 0 aromatic heterocycles. The first kappa shape index (κ1) is 18.9. The van der Waals surface area contributed by atoms with Gasteiger partial charge in [0.2, 0.25) is 10.2 Å². The largest absolute Gasteiger partial charge is 0.315 e. The van der Waals surface area contributed by atoms with E-state index in [1.165, 1.54) is 12.1 Å². The number of benzene rings is 2. The predicted octanol–water partition coefficient (Wildman–Crippen LogP) is 6.11. The van der Waals surface area contributed by atoms with Crippen LogP contribution in [-0.2, 0) is 10.3 Å². The van der Waals surface area contributed by atoms with Gasteiger partial charge in [-0.1, -0.05) is 53.0 Å². The highest BCUT2D eigenvalue weighted by atomic mass is 35.5. The Morgan fingerprint density at radius 1 is 0.708 bits per heavy atom. The van der Waals surface area contributed by atoms with Crippen molar-refractivity contribution in [2.24, 2.45) is 0 Å². The van der Waals surface area contributed by atoms with E-state index in [9.17, 15) is 30.7 Å². The van der Waals surface area contributed by atoms with Gasteiger partial charge in [0.15, 0.2) is 23.3 Å². The maximum atomic E-state index is 14.5. The minimum Gasteiger partial charge on any atom is -0.203 e. The van der Waals surface area contributed by atoms with Crippen molar-refractivity contribution in [3.05, 3.63) is 70.0 Å². The van der Waals surface area contributed by atoms with E-state index >= 15 is 0 Å². The first-order valence-corrected chi connectivity index (χ1v) is 7.03. The summed E-state index contributed by atoms with van der Waals surface area (Å²) in [6.45, 7) is 1.62. The lowest BCUT2D eigenvalue weighted by Crippen LogP contribution is -2.36. The summed E-state index contributed by atoms with van der Waals surface area (Å²) in [5.41, 5.74) is -2.24. The molecule has 0 aliphatic carbocycles. The van der Waals surface area contributed by atoms with Crippen LogP contribution in [-0.4, -0.2) is 0 Å². The number of rotatable bonds is 3. The Morgan fingerprint density at radius 3 is 1.50 bits per heavy atom. The molecule has 0 fully saturated rings. The summed E-state index contributed by atoms with van der Waals surface area (Å²) in [6, 6.07) is 4.78. The van der Waals surface area contributed by atoms with Crippen LogP contribution in [0.1, 0.15) is 16.7 Å². The van der Waals surface area contributed by atoms with Gasteiger partial charge in [-0.15, -0.1) is 0 Å². The predicted molar refractivity (Wildman–Crippen MR) is 74.7 cm³/mol. The van der Waals surface area contributed by atoms with Crippen LogP contribution in [0.2, 0.25) is 0 Å². The zero-order valence-electron chi connectivity index (χ0n) is 11.7. The van der Waals surface area contributed by atoms with Gasteiger partial charge >= 0.3 is 5.92 Å². The molecule has 0 atom stereocenters. The molecule has 0 nitrogen and oxygen atoms in total. The number of alkyl halides is 4. The van der Waals surface area contributed by atoms with Crippen molar-refractivity contribution < 1.29 is 30.7 Å². The van der Waals surface area contributed by atoms with E-state index in [1.807, 2.05) is 0 Å². The molecule has 24 heavy (non-hydrogen) atoms. The van der Waals surface area contributed by atoms with Crippen molar-refractivity contribution in [2.75, 3.05) is 0 Å². The highest BCUT2D eigenvalue weighted by molar-refractivity contribution is 6.48. The molecule has 0 amide bonds. The molecule has 0 radical (unpaired) electrons. The maximum absolute atomic E-state index is 14.5. The smallest absolute Gasteiger partial charge is 0.203 e. The molecule has 2 aromatic carbocycles. The number of aryl methyl sites for hydroxylation is 1. The Kier molecular flexibility index (Phi) is 4.80. The summed E-state index contributed by atoms with van der Waals surface area (Å²) < 4.78 is 92.6. The molecule has 0 bridgehead atoms. The second kappa shape index (κ2) is 6.11. The molecule has 0 unspecified atom stereocenters. The van der Waals surface area contributed by atoms with Crippen molar-refractivity contribution in [1.29, 1.82) is 0 Å². The molecule has 0 saturated heterocycles. The van der Waals surface area contributed by atoms with Gasteiger partial charge in [0.1, 0.15) is 5.56 Å². The Labute approximate surface area is 141 Å². The third kappa shape index (κ3) is 2.73. The number of halogens is 9. The molecule has 0 spiro atoms. The zero-order valence-corrected chi connectivity index (χ0v) is 13.2. The molecule has 0 aliphatic heterocycles. The standard InChI is InChI=1S/C15H7Cl2F7/c1-6-2-4-7(5-3-6)14(16,17)15(23,24)8-9(18)11(20)13(22)12(21)10(8)19/h2-5H,1H3. The number of hydrogen-bond acceptors (Lipinski definition) is 0. The quantitative estimate of drug-likeness (QED) is 0.256. The van der Waals surface area contributed by atoms with Crippen molar-refractivity contribution in [3.8, 4) is 0 Å². The third-order valence-electron chi connectivity index (χ3n) is 3.33. The van der Waals surface area contributed by atoms with E-state index in [2.05, 4.69) is 0 Å². The Bertz CT molecular complexity index is 756. The van der Waals surface area contributed by atoms with Gasteiger partial charge in [0.05, 0.1) is 0 Å². The lowest BCUT2D eigenvalue weighted by Gasteiger charge is -2.31. The molecular formula is C15H7Cl2F7. The lowest BCUT2D eigenvalue weighted by atomic mass is 9.97. The van der Waals surface area contributed by atoms with E-state index in [0.29, 0.717) is 5.56 Å². The van der Waals surface area contributed by atoms with Crippen LogP contribution in [0.25, 0.3) is 0 Å². The fourth-order valence-electron chi connectivity index (χ4n) is 1.98. The van der Waals surface area contributed by atoms with Gasteiger partial charge in [0.25, 0.3) is 0 Å². The van der Waals surface area contributed by atoms with Gasteiger partial charge in [-0.25, -0.2) is 22.0 Å². The summed E-state index contributed by atoms with van der Waals surface area (Å²) in [5, 5.41) is 0. The van der Waals surface area contributed by atoms with Crippen LogP contribution in [0.15, 0.2) is 24.3 Å². The zero-order chi connectivity index (χ0) is 18.4. The van der Waals surface area contributed by atoms with E-state index in [0.717, 1.165) is 12.1 Å². The Morgan fingerprint density at radius 2 is 1.08 bits per heavy atom. The fraction of sp³-hybridized carbons (Fsp3) is 0.200. The molecule has 0 N–H and O–H groups in total. The average molecular weight is 391 g/mol. The summed E-state index contributed by atoms with van der Waals surface area (Å²) in [6.07, 6.45) is 0. The van der Waals surface area contributed by atoms with Crippen LogP contribution in [0.3, 0.4) is 0 Å². The maximum Gasteiger partial charge on any atom is 0.315 e. The van der Waals surface area contributed by atoms with Gasteiger partial charge in [-0.05, 0) is 12.5 Å². The first-order chi connectivity index (χ1) is 10.9. The SMILES string of the molecule is Cc1ccc(C(Cl)(Cl)C(F)(F)c2c(F)c(F)c(F)c(F)c2F)cc1. The molecule has 0 aliphatic rings. The van der Waals surface area contributed by atoms with Crippen molar-refractivity contribution in [2.45, 2.75) is 17.2 Å².